The molecule has 0 saturated carbocycles. The first kappa shape index (κ1) is 21.0. The van der Waals surface area contributed by atoms with Crippen molar-refractivity contribution in [1.82, 2.24) is 4.90 Å². The molecule has 3 atom stereocenters. The maximum absolute atomic E-state index is 13.9. The van der Waals surface area contributed by atoms with Crippen LogP contribution in [0.15, 0.2) is 47.6 Å². The molecule has 2 aromatic carbocycles. The Morgan fingerprint density at radius 1 is 1.24 bits per heavy atom. The first-order valence-electron chi connectivity index (χ1n) is 10.7. The van der Waals surface area contributed by atoms with Crippen LogP contribution in [-0.2, 0) is 20.4 Å². The van der Waals surface area contributed by atoms with E-state index < -0.39 is 23.1 Å². The Labute approximate surface area is 190 Å². The first-order chi connectivity index (χ1) is 16.0. The van der Waals surface area contributed by atoms with E-state index in [-0.39, 0.29) is 18.9 Å². The molecule has 2 aromatic rings. The average molecular weight is 448 g/mol. The van der Waals surface area contributed by atoms with E-state index in [9.17, 15) is 9.59 Å². The molecule has 3 heterocycles. The largest absolute Gasteiger partial charge is 0.497 e. The standard InChI is InChI=1S/C23H24N6O4/c1-32-14-7-8-18-16(13-14)22(10-12-29(19(22)26-18)21(31)33-2)23(9-11-25-28-24)15-5-3-4-6-17(15)27-20(23)30/h3-8,13,19,26H,9-12H2,1-2H3,(H,27,30)/t19-,22?,23-/m1/s1. The molecular formula is C23H24N6O4. The topological polar surface area (TPSA) is 129 Å². The number of hydrogen-bond donors (Lipinski definition) is 2. The summed E-state index contributed by atoms with van der Waals surface area (Å²) >= 11 is 0. The van der Waals surface area contributed by atoms with Crippen molar-refractivity contribution < 1.29 is 19.1 Å². The minimum absolute atomic E-state index is 0.129. The number of nitrogens with zero attached hydrogens (tertiary/aromatic N) is 4. The number of amides is 2. The van der Waals surface area contributed by atoms with Gasteiger partial charge in [0.2, 0.25) is 5.91 Å². The molecule has 5 rings (SSSR count). The van der Waals surface area contributed by atoms with E-state index in [1.54, 1.807) is 12.0 Å². The Morgan fingerprint density at radius 2 is 2.06 bits per heavy atom. The minimum atomic E-state index is -1.09. The second-order valence-corrected chi connectivity index (χ2v) is 8.45. The summed E-state index contributed by atoms with van der Waals surface area (Å²) in [6, 6.07) is 13.3. The van der Waals surface area contributed by atoms with Gasteiger partial charge in [-0.05, 0) is 53.8 Å². The summed E-state index contributed by atoms with van der Waals surface area (Å²) in [6.45, 7) is 0.532. The van der Waals surface area contributed by atoms with Crippen LogP contribution in [-0.4, -0.2) is 50.4 Å². The van der Waals surface area contributed by atoms with Gasteiger partial charge >= 0.3 is 6.09 Å². The molecule has 0 aliphatic carbocycles. The molecule has 10 heteroatoms. The van der Waals surface area contributed by atoms with Crippen molar-refractivity contribution in [2.45, 2.75) is 29.8 Å². The summed E-state index contributed by atoms with van der Waals surface area (Å²) in [7, 11) is 2.95. The highest BCUT2D eigenvalue weighted by atomic mass is 16.5. The normalized spacial score (nSPS) is 26.4. The fourth-order valence-electron chi connectivity index (χ4n) is 6.09. The number of anilines is 2. The summed E-state index contributed by atoms with van der Waals surface area (Å²) in [5.74, 6) is 0.481. The summed E-state index contributed by atoms with van der Waals surface area (Å²) in [6.07, 6.45) is -0.206. The van der Waals surface area contributed by atoms with Gasteiger partial charge in [-0.3, -0.25) is 9.69 Å². The molecule has 3 aliphatic rings. The monoisotopic (exact) mass is 448 g/mol. The highest BCUT2D eigenvalue weighted by Crippen LogP contribution is 2.63. The van der Waals surface area contributed by atoms with E-state index in [0.29, 0.717) is 18.7 Å². The molecule has 1 saturated heterocycles. The van der Waals surface area contributed by atoms with Gasteiger partial charge in [0.1, 0.15) is 11.9 Å². The number of methoxy groups -OCH3 is 2. The van der Waals surface area contributed by atoms with Crippen LogP contribution in [0.1, 0.15) is 24.0 Å². The summed E-state index contributed by atoms with van der Waals surface area (Å²) in [5, 5.41) is 10.3. The lowest BCUT2D eigenvalue weighted by atomic mass is 9.55. The van der Waals surface area contributed by atoms with E-state index in [2.05, 4.69) is 20.7 Å². The van der Waals surface area contributed by atoms with Gasteiger partial charge in [0, 0.05) is 29.4 Å². The molecule has 0 aromatic heterocycles. The number of azide groups is 1. The third-order valence-electron chi connectivity index (χ3n) is 7.37. The van der Waals surface area contributed by atoms with Gasteiger partial charge in [0.25, 0.3) is 0 Å². The number of carbonyl (C=O) groups is 2. The van der Waals surface area contributed by atoms with Crippen LogP contribution in [0.5, 0.6) is 5.75 Å². The molecule has 10 nitrogen and oxygen atoms in total. The Hall–Kier alpha value is -3.91. The van der Waals surface area contributed by atoms with Crippen LogP contribution in [0.2, 0.25) is 0 Å². The molecule has 1 unspecified atom stereocenters. The highest BCUT2D eigenvalue weighted by molar-refractivity contribution is 6.08. The van der Waals surface area contributed by atoms with Gasteiger partial charge < -0.3 is 20.1 Å². The zero-order valence-electron chi connectivity index (χ0n) is 18.4. The maximum Gasteiger partial charge on any atom is 0.411 e. The number of fused-ring (bicyclic) bond motifs is 4. The van der Waals surface area contributed by atoms with E-state index in [0.717, 1.165) is 22.5 Å². The van der Waals surface area contributed by atoms with Crippen molar-refractivity contribution in [2.75, 3.05) is 37.9 Å². The van der Waals surface area contributed by atoms with Gasteiger partial charge in [0.15, 0.2) is 0 Å². The number of ether oxygens (including phenoxy) is 2. The van der Waals surface area contributed by atoms with Gasteiger partial charge in [-0.2, -0.15) is 0 Å². The van der Waals surface area contributed by atoms with Crippen LogP contribution in [0.25, 0.3) is 10.4 Å². The molecule has 0 radical (unpaired) electrons. The third-order valence-corrected chi connectivity index (χ3v) is 7.37. The van der Waals surface area contributed by atoms with E-state index in [1.165, 1.54) is 7.11 Å². The maximum atomic E-state index is 13.9. The second-order valence-electron chi connectivity index (χ2n) is 8.45. The predicted molar refractivity (Wildman–Crippen MR) is 121 cm³/mol. The van der Waals surface area contributed by atoms with E-state index >= 15 is 0 Å². The lowest BCUT2D eigenvalue weighted by molar-refractivity contribution is -0.124. The average Bonchev–Trinajstić information content (AvgIpc) is 3.46. The van der Waals surface area contributed by atoms with Crippen molar-refractivity contribution in [2.24, 2.45) is 5.11 Å². The lowest BCUT2D eigenvalue weighted by Gasteiger charge is -2.46. The van der Waals surface area contributed by atoms with Crippen molar-refractivity contribution >= 4 is 23.4 Å². The third kappa shape index (κ3) is 2.64. The molecular weight excluding hydrogens is 424 g/mol. The van der Waals surface area contributed by atoms with Gasteiger partial charge in [-0.25, -0.2) is 4.79 Å². The molecule has 170 valence electrons. The number of rotatable bonds is 5. The zero-order chi connectivity index (χ0) is 23.2. The number of benzene rings is 2. The van der Waals surface area contributed by atoms with Gasteiger partial charge in [-0.15, -0.1) is 0 Å². The van der Waals surface area contributed by atoms with Gasteiger partial charge in [-0.1, -0.05) is 23.3 Å². The van der Waals surface area contributed by atoms with Crippen LogP contribution >= 0.6 is 0 Å². The summed E-state index contributed by atoms with van der Waals surface area (Å²) in [4.78, 5) is 31.2. The molecule has 2 N–H and O–H groups in total. The molecule has 2 amide bonds. The Kier molecular flexibility index (Phi) is 4.83. The Balaban J connectivity index is 1.81. The number of carbonyl (C=O) groups excluding carboxylic acids is 2. The smallest absolute Gasteiger partial charge is 0.411 e. The Morgan fingerprint density at radius 3 is 2.82 bits per heavy atom. The summed E-state index contributed by atoms with van der Waals surface area (Å²) < 4.78 is 10.6. The fourth-order valence-corrected chi connectivity index (χ4v) is 6.09. The predicted octanol–water partition coefficient (Wildman–Crippen LogP) is 3.75. The number of likely N-dealkylation sites (tertiary alicyclic amines) is 1. The lowest BCUT2D eigenvalue weighted by Crippen LogP contribution is -2.60. The van der Waals surface area contributed by atoms with Crippen LogP contribution < -0.4 is 15.4 Å². The molecule has 1 fully saturated rings. The minimum Gasteiger partial charge on any atom is -0.497 e. The van der Waals surface area contributed by atoms with Crippen molar-refractivity contribution in [3.8, 4) is 5.75 Å². The Bertz CT molecular complexity index is 1200. The van der Waals surface area contributed by atoms with E-state index in [4.69, 9.17) is 15.0 Å². The molecule has 3 aliphatic heterocycles. The highest BCUT2D eigenvalue weighted by Gasteiger charge is 2.70. The number of nitrogens with one attached hydrogen (secondary N) is 2. The molecule has 0 spiro atoms. The first-order valence-corrected chi connectivity index (χ1v) is 10.7. The van der Waals surface area contributed by atoms with E-state index in [1.807, 2.05) is 42.5 Å². The van der Waals surface area contributed by atoms with Crippen molar-refractivity contribution in [3.05, 3.63) is 64.0 Å². The van der Waals surface area contributed by atoms with Crippen LogP contribution in [0, 0.1) is 0 Å². The van der Waals surface area contributed by atoms with Crippen molar-refractivity contribution in [3.63, 3.8) is 0 Å². The van der Waals surface area contributed by atoms with Gasteiger partial charge in [0.05, 0.1) is 25.0 Å². The van der Waals surface area contributed by atoms with Crippen molar-refractivity contribution in [1.29, 1.82) is 0 Å². The fraction of sp³-hybridized carbons (Fsp3) is 0.391. The number of hydrogen-bond acceptors (Lipinski definition) is 6. The number of para-hydroxylation sites is 1. The van der Waals surface area contributed by atoms with Crippen LogP contribution in [0.4, 0.5) is 16.2 Å². The quantitative estimate of drug-likeness (QED) is 0.409. The summed E-state index contributed by atoms with van der Waals surface area (Å²) in [5.41, 5.74) is 10.3. The zero-order valence-corrected chi connectivity index (χ0v) is 18.4. The molecule has 33 heavy (non-hydrogen) atoms. The SMILES string of the molecule is COC(=O)N1CCC2([C@@]3(CCN=[N+]=[N-])C(=O)Nc4ccccc43)c3cc(OC)ccc3N[C@H]12. The van der Waals surface area contributed by atoms with Crippen LogP contribution in [0.3, 0.4) is 0 Å². The molecule has 0 bridgehead atoms. The second kappa shape index (κ2) is 7.60.